The van der Waals surface area contributed by atoms with E-state index in [2.05, 4.69) is 11.5 Å². The topological polar surface area (TPSA) is 63.5 Å². The summed E-state index contributed by atoms with van der Waals surface area (Å²) < 4.78 is 12.0. The summed E-state index contributed by atoms with van der Waals surface area (Å²) in [7, 11) is 0. The fourth-order valence-electron chi connectivity index (χ4n) is 3.12. The molecule has 0 aromatic rings. The minimum Gasteiger partial charge on any atom is -0.366 e. The normalized spacial score (nSPS) is 46.0. The Morgan fingerprint density at radius 1 is 1.53 bits per heavy atom. The lowest BCUT2D eigenvalue weighted by molar-refractivity contribution is -0.196. The maximum Gasteiger partial charge on any atom is 0.133 e. The summed E-state index contributed by atoms with van der Waals surface area (Å²) in [4.78, 5) is 5.33. The lowest BCUT2D eigenvalue weighted by Crippen LogP contribution is -2.54. The smallest absolute Gasteiger partial charge is 0.133 e. The van der Waals surface area contributed by atoms with E-state index in [1.54, 1.807) is 0 Å². The van der Waals surface area contributed by atoms with Gasteiger partial charge in [0.05, 0.1) is 18.3 Å². The van der Waals surface area contributed by atoms with Gasteiger partial charge in [0.1, 0.15) is 18.4 Å². The van der Waals surface area contributed by atoms with Crippen LogP contribution in [0.5, 0.6) is 0 Å². The SMILES string of the molecule is C[C@@H](C#N)CC1CC[C@@H]2O[C@@H]3CC2(CON3)O1. The van der Waals surface area contributed by atoms with Crippen molar-refractivity contribution in [2.75, 3.05) is 6.61 Å². The highest BCUT2D eigenvalue weighted by Gasteiger charge is 2.55. The Kier molecular flexibility index (Phi) is 2.83. The van der Waals surface area contributed by atoms with Gasteiger partial charge in [0.2, 0.25) is 0 Å². The monoisotopic (exact) mass is 238 g/mol. The van der Waals surface area contributed by atoms with E-state index in [4.69, 9.17) is 19.6 Å². The number of hydroxylamine groups is 1. The van der Waals surface area contributed by atoms with E-state index in [1.807, 2.05) is 6.92 Å². The van der Waals surface area contributed by atoms with E-state index in [1.165, 1.54) is 0 Å². The number of nitriles is 1. The standard InChI is InChI=1S/C12H18N2O3/c1-8(6-13)4-9-2-3-10-12(17-9)5-11(16-10)14-15-7-12/h8-11,14H,2-5,7H2,1H3/t8-,9?,10+,11-,12?/m1/s1. The van der Waals surface area contributed by atoms with E-state index in [0.717, 1.165) is 25.7 Å². The number of fused-ring (bicyclic) bond motifs is 1. The molecular weight excluding hydrogens is 220 g/mol. The van der Waals surface area contributed by atoms with Crippen molar-refractivity contribution in [3.05, 3.63) is 0 Å². The van der Waals surface area contributed by atoms with Crippen molar-refractivity contribution in [1.29, 1.82) is 5.26 Å². The summed E-state index contributed by atoms with van der Waals surface area (Å²) in [5.74, 6) is 0.0497. The van der Waals surface area contributed by atoms with Crippen LogP contribution in [0.15, 0.2) is 0 Å². The van der Waals surface area contributed by atoms with Crippen molar-refractivity contribution >= 4 is 0 Å². The first-order chi connectivity index (χ1) is 8.22. The second-order valence-corrected chi connectivity index (χ2v) is 5.37. The molecule has 5 atom stereocenters. The first-order valence-corrected chi connectivity index (χ1v) is 6.32. The molecule has 2 bridgehead atoms. The molecular formula is C12H18N2O3. The van der Waals surface area contributed by atoms with Crippen LogP contribution in [0.4, 0.5) is 0 Å². The van der Waals surface area contributed by atoms with Crippen molar-refractivity contribution < 1.29 is 14.3 Å². The van der Waals surface area contributed by atoms with Gasteiger partial charge in [-0.25, -0.2) is 0 Å². The lowest BCUT2D eigenvalue weighted by Gasteiger charge is -2.42. The van der Waals surface area contributed by atoms with Gasteiger partial charge in [0, 0.05) is 12.3 Å². The predicted octanol–water partition coefficient (Wildman–Crippen LogP) is 1.10. The van der Waals surface area contributed by atoms with Crippen LogP contribution >= 0.6 is 0 Å². The van der Waals surface area contributed by atoms with Gasteiger partial charge in [0.15, 0.2) is 0 Å². The second-order valence-electron chi connectivity index (χ2n) is 5.37. The maximum absolute atomic E-state index is 8.86. The Hall–Kier alpha value is -0.670. The minimum absolute atomic E-state index is 0.0270. The third-order valence-corrected chi connectivity index (χ3v) is 3.97. The Labute approximate surface area is 101 Å². The molecule has 17 heavy (non-hydrogen) atoms. The Balaban J connectivity index is 1.69. The molecule has 3 aliphatic heterocycles. The molecule has 5 nitrogen and oxygen atoms in total. The van der Waals surface area contributed by atoms with Crippen molar-refractivity contribution in [3.63, 3.8) is 0 Å². The van der Waals surface area contributed by atoms with Gasteiger partial charge in [-0.05, 0) is 26.2 Å². The number of rotatable bonds is 2. The molecule has 3 aliphatic rings. The van der Waals surface area contributed by atoms with E-state index >= 15 is 0 Å². The molecule has 3 fully saturated rings. The number of nitrogens with zero attached hydrogens (tertiary/aromatic N) is 1. The quantitative estimate of drug-likeness (QED) is 0.780. The fourth-order valence-corrected chi connectivity index (χ4v) is 3.12. The van der Waals surface area contributed by atoms with Gasteiger partial charge in [-0.15, -0.1) is 0 Å². The van der Waals surface area contributed by atoms with Gasteiger partial charge in [-0.2, -0.15) is 10.7 Å². The second kappa shape index (κ2) is 4.21. The highest BCUT2D eigenvalue weighted by atomic mass is 16.7. The van der Waals surface area contributed by atoms with Crippen LogP contribution in [0.3, 0.4) is 0 Å². The molecule has 5 heteroatoms. The van der Waals surface area contributed by atoms with E-state index in [-0.39, 0.29) is 30.0 Å². The Morgan fingerprint density at radius 2 is 2.41 bits per heavy atom. The average Bonchev–Trinajstić information content (AvgIpc) is 2.58. The van der Waals surface area contributed by atoms with Crippen LogP contribution in [0.25, 0.3) is 0 Å². The highest BCUT2D eigenvalue weighted by Crippen LogP contribution is 2.43. The zero-order valence-corrected chi connectivity index (χ0v) is 10.0. The molecule has 0 radical (unpaired) electrons. The molecule has 3 heterocycles. The summed E-state index contributed by atoms with van der Waals surface area (Å²) in [6, 6.07) is 2.27. The summed E-state index contributed by atoms with van der Waals surface area (Å²) in [5, 5.41) is 8.86. The van der Waals surface area contributed by atoms with Crippen molar-refractivity contribution in [3.8, 4) is 6.07 Å². The summed E-state index contributed by atoms with van der Waals surface area (Å²) in [5.41, 5.74) is 2.60. The van der Waals surface area contributed by atoms with Crippen molar-refractivity contribution in [2.45, 2.75) is 56.6 Å². The first kappa shape index (κ1) is 11.4. The van der Waals surface area contributed by atoms with Crippen molar-refractivity contribution in [2.24, 2.45) is 5.92 Å². The van der Waals surface area contributed by atoms with Crippen molar-refractivity contribution in [1.82, 2.24) is 5.48 Å². The first-order valence-electron chi connectivity index (χ1n) is 6.32. The average molecular weight is 238 g/mol. The van der Waals surface area contributed by atoms with Gasteiger partial charge >= 0.3 is 0 Å². The molecule has 0 aliphatic carbocycles. The fraction of sp³-hybridized carbons (Fsp3) is 0.917. The minimum atomic E-state index is -0.270. The molecule has 2 unspecified atom stereocenters. The zero-order valence-electron chi connectivity index (χ0n) is 10.0. The number of hydrogen-bond acceptors (Lipinski definition) is 5. The zero-order chi connectivity index (χ0) is 11.9. The summed E-state index contributed by atoms with van der Waals surface area (Å²) >= 11 is 0. The molecule has 0 amide bonds. The summed E-state index contributed by atoms with van der Waals surface area (Å²) in [6.07, 6.45) is 3.94. The number of nitrogens with one attached hydrogen (secondary N) is 1. The highest BCUT2D eigenvalue weighted by molar-refractivity contribution is 5.02. The van der Waals surface area contributed by atoms with Crippen LogP contribution in [0.1, 0.15) is 32.6 Å². The molecule has 3 rings (SSSR count). The van der Waals surface area contributed by atoms with Gasteiger partial charge < -0.3 is 9.47 Å². The Morgan fingerprint density at radius 3 is 3.24 bits per heavy atom. The van der Waals surface area contributed by atoms with Crippen LogP contribution in [-0.2, 0) is 14.3 Å². The Bertz CT molecular complexity index is 343. The molecule has 0 saturated carbocycles. The third kappa shape index (κ3) is 1.95. The van der Waals surface area contributed by atoms with Crippen LogP contribution < -0.4 is 5.48 Å². The van der Waals surface area contributed by atoms with Crippen LogP contribution in [-0.4, -0.2) is 30.6 Å². The van der Waals surface area contributed by atoms with E-state index in [0.29, 0.717) is 6.61 Å². The molecule has 0 aromatic heterocycles. The third-order valence-electron chi connectivity index (χ3n) is 3.97. The van der Waals surface area contributed by atoms with Crippen LogP contribution in [0.2, 0.25) is 0 Å². The molecule has 1 spiro atoms. The molecule has 0 aromatic carbocycles. The maximum atomic E-state index is 8.86. The van der Waals surface area contributed by atoms with Gasteiger partial charge in [0.25, 0.3) is 0 Å². The van der Waals surface area contributed by atoms with Gasteiger partial charge in [-0.3, -0.25) is 4.84 Å². The number of ether oxygens (including phenoxy) is 2. The molecule has 3 saturated heterocycles. The lowest BCUT2D eigenvalue weighted by atomic mass is 9.86. The van der Waals surface area contributed by atoms with Gasteiger partial charge in [-0.1, -0.05) is 0 Å². The predicted molar refractivity (Wildman–Crippen MR) is 58.6 cm³/mol. The molecule has 1 N–H and O–H groups in total. The van der Waals surface area contributed by atoms with Crippen LogP contribution in [0, 0.1) is 17.2 Å². The largest absolute Gasteiger partial charge is 0.366 e. The van der Waals surface area contributed by atoms with E-state index < -0.39 is 0 Å². The van der Waals surface area contributed by atoms with E-state index in [9.17, 15) is 0 Å². The molecule has 94 valence electrons. The number of hydrogen-bond donors (Lipinski definition) is 1. The summed E-state index contributed by atoms with van der Waals surface area (Å²) in [6.45, 7) is 2.49.